The van der Waals surface area contributed by atoms with E-state index in [0.29, 0.717) is 25.6 Å². The summed E-state index contributed by atoms with van der Waals surface area (Å²) in [6, 6.07) is 0. The molecule has 0 saturated carbocycles. The second kappa shape index (κ2) is 10.7. The number of halogens is 3. The van der Waals surface area contributed by atoms with Crippen molar-refractivity contribution >= 4 is 5.96 Å². The number of aliphatic imine (C=N–C) groups is 1. The summed E-state index contributed by atoms with van der Waals surface area (Å²) in [7, 11) is 1.69. The molecule has 136 valence electrons. The van der Waals surface area contributed by atoms with Gasteiger partial charge in [-0.1, -0.05) is 0 Å². The number of rotatable bonds is 9. The van der Waals surface area contributed by atoms with E-state index in [1.165, 1.54) is 4.90 Å². The molecule has 2 N–H and O–H groups in total. The highest BCUT2D eigenvalue weighted by Gasteiger charge is 2.34. The molecule has 0 spiro atoms. The summed E-state index contributed by atoms with van der Waals surface area (Å²) in [6.45, 7) is 5.11. The maximum Gasteiger partial charge on any atom is 0.401 e. The van der Waals surface area contributed by atoms with Crippen LogP contribution in [0.1, 0.15) is 26.2 Å². The SMILES string of the molecule is CCOCCCCNC(=NC)NCC1CCN(CC(F)(F)F)C1. The number of nitrogens with zero attached hydrogens (tertiary/aromatic N) is 2. The second-order valence-electron chi connectivity index (χ2n) is 5.79. The van der Waals surface area contributed by atoms with Gasteiger partial charge in [0, 0.05) is 39.9 Å². The third-order valence-corrected chi connectivity index (χ3v) is 3.77. The van der Waals surface area contributed by atoms with E-state index in [0.717, 1.165) is 39.0 Å². The Morgan fingerprint density at radius 3 is 2.74 bits per heavy atom. The highest BCUT2D eigenvalue weighted by atomic mass is 19.4. The van der Waals surface area contributed by atoms with Crippen LogP contribution in [0, 0.1) is 5.92 Å². The number of hydrogen-bond donors (Lipinski definition) is 2. The van der Waals surface area contributed by atoms with Gasteiger partial charge in [-0.3, -0.25) is 9.89 Å². The molecule has 0 amide bonds. The van der Waals surface area contributed by atoms with Crippen LogP contribution in [0.25, 0.3) is 0 Å². The van der Waals surface area contributed by atoms with Crippen LogP contribution < -0.4 is 10.6 Å². The van der Waals surface area contributed by atoms with Crippen molar-refractivity contribution in [3.63, 3.8) is 0 Å². The number of ether oxygens (including phenoxy) is 1. The van der Waals surface area contributed by atoms with Crippen LogP contribution in [0.15, 0.2) is 4.99 Å². The summed E-state index contributed by atoms with van der Waals surface area (Å²) in [5.41, 5.74) is 0. The molecule has 1 heterocycles. The summed E-state index contributed by atoms with van der Waals surface area (Å²) in [5, 5.41) is 6.41. The first-order valence-corrected chi connectivity index (χ1v) is 8.26. The highest BCUT2D eigenvalue weighted by Crippen LogP contribution is 2.22. The Hall–Kier alpha value is -1.02. The lowest BCUT2D eigenvalue weighted by molar-refractivity contribution is -0.143. The third kappa shape index (κ3) is 9.65. The summed E-state index contributed by atoms with van der Waals surface area (Å²) < 4.78 is 42.3. The average molecular weight is 338 g/mol. The van der Waals surface area contributed by atoms with E-state index in [-0.39, 0.29) is 5.92 Å². The van der Waals surface area contributed by atoms with Gasteiger partial charge in [0.15, 0.2) is 5.96 Å². The first-order chi connectivity index (χ1) is 10.9. The molecule has 5 nitrogen and oxygen atoms in total. The Kier molecular flexibility index (Phi) is 9.31. The zero-order chi connectivity index (χ0) is 17.1. The molecule has 0 aromatic rings. The fourth-order valence-electron chi connectivity index (χ4n) is 2.62. The lowest BCUT2D eigenvalue weighted by Gasteiger charge is -2.18. The highest BCUT2D eigenvalue weighted by molar-refractivity contribution is 5.79. The third-order valence-electron chi connectivity index (χ3n) is 3.77. The summed E-state index contributed by atoms with van der Waals surface area (Å²) in [4.78, 5) is 5.60. The molecule has 1 aliphatic rings. The zero-order valence-electron chi connectivity index (χ0n) is 14.1. The molecule has 0 aliphatic carbocycles. The van der Waals surface area contributed by atoms with E-state index in [1.54, 1.807) is 7.05 Å². The normalized spacial score (nSPS) is 20.0. The monoisotopic (exact) mass is 338 g/mol. The first kappa shape index (κ1) is 20.0. The van der Waals surface area contributed by atoms with E-state index in [2.05, 4.69) is 15.6 Å². The van der Waals surface area contributed by atoms with Gasteiger partial charge in [0.1, 0.15) is 0 Å². The van der Waals surface area contributed by atoms with Gasteiger partial charge >= 0.3 is 6.18 Å². The van der Waals surface area contributed by atoms with Crippen molar-refractivity contribution in [1.29, 1.82) is 0 Å². The molecule has 0 radical (unpaired) electrons. The molecule has 1 atom stereocenters. The molecule has 1 unspecified atom stereocenters. The quantitative estimate of drug-likeness (QED) is 0.383. The van der Waals surface area contributed by atoms with Crippen LogP contribution >= 0.6 is 0 Å². The van der Waals surface area contributed by atoms with Crippen LogP contribution in [0.2, 0.25) is 0 Å². The molecular weight excluding hydrogens is 309 g/mol. The number of hydrogen-bond acceptors (Lipinski definition) is 3. The summed E-state index contributed by atoms with van der Waals surface area (Å²) in [6.07, 6.45) is -1.34. The van der Waals surface area contributed by atoms with Gasteiger partial charge in [-0.15, -0.1) is 0 Å². The fourth-order valence-corrected chi connectivity index (χ4v) is 2.62. The molecule has 0 aromatic carbocycles. The van der Waals surface area contributed by atoms with Crippen LogP contribution in [-0.4, -0.2) is 70.0 Å². The molecule has 0 bridgehead atoms. The molecule has 8 heteroatoms. The predicted molar refractivity (Wildman–Crippen MR) is 85.7 cm³/mol. The molecule has 0 aromatic heterocycles. The van der Waals surface area contributed by atoms with Crippen molar-refractivity contribution in [3.05, 3.63) is 0 Å². The van der Waals surface area contributed by atoms with Gasteiger partial charge in [-0.25, -0.2) is 0 Å². The number of unbranched alkanes of at least 4 members (excludes halogenated alkanes) is 1. The van der Waals surface area contributed by atoms with Gasteiger partial charge in [0.2, 0.25) is 0 Å². The van der Waals surface area contributed by atoms with Crippen molar-refractivity contribution in [2.24, 2.45) is 10.9 Å². The number of guanidine groups is 1. The van der Waals surface area contributed by atoms with Crippen LogP contribution in [-0.2, 0) is 4.74 Å². The fraction of sp³-hybridized carbons (Fsp3) is 0.933. The Morgan fingerprint density at radius 1 is 1.30 bits per heavy atom. The average Bonchev–Trinajstić information content (AvgIpc) is 2.91. The zero-order valence-corrected chi connectivity index (χ0v) is 14.1. The molecule has 1 aliphatic heterocycles. The lowest BCUT2D eigenvalue weighted by atomic mass is 10.1. The van der Waals surface area contributed by atoms with Gasteiger partial charge < -0.3 is 15.4 Å². The molecule has 1 rings (SSSR count). The smallest absolute Gasteiger partial charge is 0.382 e. The van der Waals surface area contributed by atoms with E-state index in [4.69, 9.17) is 4.74 Å². The number of nitrogens with one attached hydrogen (secondary N) is 2. The van der Waals surface area contributed by atoms with Crippen molar-refractivity contribution in [3.8, 4) is 0 Å². The molecule has 1 saturated heterocycles. The summed E-state index contributed by atoms with van der Waals surface area (Å²) >= 11 is 0. The second-order valence-corrected chi connectivity index (χ2v) is 5.79. The lowest BCUT2D eigenvalue weighted by Crippen LogP contribution is -2.41. The van der Waals surface area contributed by atoms with Crippen molar-refractivity contribution in [1.82, 2.24) is 15.5 Å². The van der Waals surface area contributed by atoms with Crippen molar-refractivity contribution < 1.29 is 17.9 Å². The van der Waals surface area contributed by atoms with Crippen molar-refractivity contribution in [2.45, 2.75) is 32.4 Å². The van der Waals surface area contributed by atoms with E-state index in [1.807, 2.05) is 6.92 Å². The van der Waals surface area contributed by atoms with Gasteiger partial charge in [0.25, 0.3) is 0 Å². The Morgan fingerprint density at radius 2 is 2.09 bits per heavy atom. The maximum atomic E-state index is 12.4. The minimum Gasteiger partial charge on any atom is -0.382 e. The van der Waals surface area contributed by atoms with Gasteiger partial charge in [0.05, 0.1) is 6.54 Å². The largest absolute Gasteiger partial charge is 0.401 e. The number of likely N-dealkylation sites (tertiary alicyclic amines) is 1. The molecule has 23 heavy (non-hydrogen) atoms. The standard InChI is InChI=1S/C15H29F3N4O/c1-3-23-9-5-4-7-20-14(19-2)21-10-13-6-8-22(11-13)12-15(16,17)18/h13H,3-12H2,1-2H3,(H2,19,20,21). The predicted octanol–water partition coefficient (Wildman–Crippen LogP) is 1.85. The van der Waals surface area contributed by atoms with E-state index < -0.39 is 12.7 Å². The number of alkyl halides is 3. The Balaban J connectivity index is 2.13. The topological polar surface area (TPSA) is 48.9 Å². The van der Waals surface area contributed by atoms with Gasteiger partial charge in [-0.2, -0.15) is 13.2 Å². The minimum atomic E-state index is -4.11. The summed E-state index contributed by atoms with van der Waals surface area (Å²) in [5.74, 6) is 0.935. The molecular formula is C15H29F3N4O. The van der Waals surface area contributed by atoms with E-state index >= 15 is 0 Å². The van der Waals surface area contributed by atoms with Crippen LogP contribution in [0.4, 0.5) is 13.2 Å². The maximum absolute atomic E-state index is 12.4. The van der Waals surface area contributed by atoms with Crippen LogP contribution in [0.5, 0.6) is 0 Å². The first-order valence-electron chi connectivity index (χ1n) is 8.26. The van der Waals surface area contributed by atoms with Crippen LogP contribution in [0.3, 0.4) is 0 Å². The minimum absolute atomic E-state index is 0.230. The Labute approximate surface area is 136 Å². The molecule has 1 fully saturated rings. The van der Waals surface area contributed by atoms with Gasteiger partial charge in [-0.05, 0) is 38.6 Å². The Bertz CT molecular complexity index is 350. The van der Waals surface area contributed by atoms with E-state index in [9.17, 15) is 13.2 Å². The van der Waals surface area contributed by atoms with Crippen molar-refractivity contribution in [2.75, 3.05) is 53.0 Å².